The van der Waals surface area contributed by atoms with Crippen molar-refractivity contribution in [1.82, 2.24) is 10.6 Å². The van der Waals surface area contributed by atoms with E-state index in [-0.39, 0.29) is 29.7 Å². The van der Waals surface area contributed by atoms with E-state index in [4.69, 9.17) is 0 Å². The first-order valence-electron chi connectivity index (χ1n) is 7.14. The van der Waals surface area contributed by atoms with Crippen molar-refractivity contribution in [2.75, 3.05) is 6.54 Å². The number of hydrogen-bond donors (Lipinski definition) is 2. The minimum Gasteiger partial charge on any atom is -0.352 e. The van der Waals surface area contributed by atoms with Gasteiger partial charge >= 0.3 is 0 Å². The fourth-order valence-corrected chi connectivity index (χ4v) is 2.28. The quantitative estimate of drug-likeness (QED) is 0.869. The van der Waals surface area contributed by atoms with E-state index in [0.717, 1.165) is 18.4 Å². The lowest BCUT2D eigenvalue weighted by Crippen LogP contribution is -2.40. The molecule has 1 fully saturated rings. The molecule has 0 heterocycles. The van der Waals surface area contributed by atoms with E-state index < -0.39 is 0 Å². The summed E-state index contributed by atoms with van der Waals surface area (Å²) in [6.07, 6.45) is 2.18. The molecule has 1 saturated carbocycles. The monoisotopic (exact) mass is 278 g/mol. The van der Waals surface area contributed by atoms with Gasteiger partial charge in [0.1, 0.15) is 5.82 Å². The van der Waals surface area contributed by atoms with Crippen LogP contribution in [0.15, 0.2) is 24.3 Å². The second-order valence-electron chi connectivity index (χ2n) is 6.57. The Kier molecular flexibility index (Phi) is 4.43. The number of hydrogen-bond acceptors (Lipinski definition) is 2. The van der Waals surface area contributed by atoms with Crippen molar-refractivity contribution >= 4 is 5.91 Å². The molecule has 0 saturated heterocycles. The van der Waals surface area contributed by atoms with E-state index >= 15 is 0 Å². The molecule has 4 heteroatoms. The van der Waals surface area contributed by atoms with Gasteiger partial charge in [-0.15, -0.1) is 0 Å². The molecule has 0 aromatic heterocycles. The fraction of sp³-hybridized carbons (Fsp3) is 0.562. The van der Waals surface area contributed by atoms with Crippen molar-refractivity contribution < 1.29 is 9.18 Å². The molecule has 1 amide bonds. The van der Waals surface area contributed by atoms with Crippen LogP contribution in [0.3, 0.4) is 0 Å². The zero-order valence-corrected chi connectivity index (χ0v) is 12.4. The molecule has 0 spiro atoms. The van der Waals surface area contributed by atoms with E-state index in [1.54, 1.807) is 12.1 Å². The Hall–Kier alpha value is -1.42. The van der Waals surface area contributed by atoms with Crippen LogP contribution in [0.25, 0.3) is 0 Å². The summed E-state index contributed by atoms with van der Waals surface area (Å²) >= 11 is 0. The van der Waals surface area contributed by atoms with Crippen molar-refractivity contribution in [3.8, 4) is 0 Å². The predicted octanol–water partition coefficient (Wildman–Crippen LogP) is 2.78. The molecule has 1 unspecified atom stereocenters. The standard InChI is InChI=1S/C16H23FN2O/c1-16(2,3)15(11-4-6-12(17)7-5-11)18-10-14(20)19-13-8-9-13/h4-7,13,15,18H,8-10H2,1-3H3,(H,19,20). The van der Waals surface area contributed by atoms with E-state index in [1.165, 1.54) is 12.1 Å². The van der Waals surface area contributed by atoms with Crippen LogP contribution >= 0.6 is 0 Å². The highest BCUT2D eigenvalue weighted by atomic mass is 19.1. The second-order valence-corrected chi connectivity index (χ2v) is 6.57. The molecule has 0 bridgehead atoms. The van der Waals surface area contributed by atoms with Gasteiger partial charge in [0.25, 0.3) is 0 Å². The molecule has 0 radical (unpaired) electrons. The first-order chi connectivity index (χ1) is 9.36. The molecule has 2 N–H and O–H groups in total. The molecular weight excluding hydrogens is 255 g/mol. The number of amides is 1. The van der Waals surface area contributed by atoms with Gasteiger partial charge in [-0.3, -0.25) is 4.79 Å². The van der Waals surface area contributed by atoms with Crippen molar-refractivity contribution in [1.29, 1.82) is 0 Å². The number of nitrogens with one attached hydrogen (secondary N) is 2. The largest absolute Gasteiger partial charge is 0.352 e. The molecular formula is C16H23FN2O. The molecule has 3 nitrogen and oxygen atoms in total. The first kappa shape index (κ1) is 15.0. The number of benzene rings is 1. The van der Waals surface area contributed by atoms with Crippen LogP contribution in [0.4, 0.5) is 4.39 Å². The SMILES string of the molecule is CC(C)(C)C(NCC(=O)NC1CC1)c1ccc(F)cc1. The Morgan fingerprint density at radius 2 is 1.90 bits per heavy atom. The zero-order chi connectivity index (χ0) is 14.8. The summed E-state index contributed by atoms with van der Waals surface area (Å²) in [5.74, 6) is -0.211. The van der Waals surface area contributed by atoms with Crippen LogP contribution < -0.4 is 10.6 Å². The third kappa shape index (κ3) is 4.30. The van der Waals surface area contributed by atoms with Gasteiger partial charge in [-0.1, -0.05) is 32.9 Å². The first-order valence-corrected chi connectivity index (χ1v) is 7.14. The van der Waals surface area contributed by atoms with Crippen LogP contribution in [-0.4, -0.2) is 18.5 Å². The highest BCUT2D eigenvalue weighted by Gasteiger charge is 2.28. The van der Waals surface area contributed by atoms with E-state index in [1.807, 2.05) is 0 Å². The molecule has 1 aliphatic carbocycles. The maximum atomic E-state index is 13.0. The summed E-state index contributed by atoms with van der Waals surface area (Å²) in [5, 5.41) is 6.25. The molecule has 0 aliphatic heterocycles. The van der Waals surface area contributed by atoms with Gasteiger partial charge < -0.3 is 10.6 Å². The van der Waals surface area contributed by atoms with Crippen LogP contribution in [0, 0.1) is 11.2 Å². The Bertz CT molecular complexity index is 460. The lowest BCUT2D eigenvalue weighted by Gasteiger charge is -2.32. The van der Waals surface area contributed by atoms with Crippen molar-refractivity contribution in [2.24, 2.45) is 5.41 Å². The minimum atomic E-state index is -0.243. The van der Waals surface area contributed by atoms with Gasteiger partial charge in [0.05, 0.1) is 6.54 Å². The number of halogens is 1. The molecule has 1 aliphatic rings. The van der Waals surface area contributed by atoms with Crippen LogP contribution in [0.1, 0.15) is 45.2 Å². The molecule has 1 aromatic carbocycles. The van der Waals surface area contributed by atoms with Gasteiger partial charge in [-0.05, 0) is 36.0 Å². The Labute approximate surface area is 120 Å². The van der Waals surface area contributed by atoms with Crippen molar-refractivity contribution in [3.63, 3.8) is 0 Å². The van der Waals surface area contributed by atoms with Gasteiger partial charge in [-0.2, -0.15) is 0 Å². The van der Waals surface area contributed by atoms with Gasteiger partial charge in [0.2, 0.25) is 5.91 Å². The smallest absolute Gasteiger partial charge is 0.234 e. The van der Waals surface area contributed by atoms with Gasteiger partial charge in [0, 0.05) is 12.1 Å². The van der Waals surface area contributed by atoms with E-state index in [2.05, 4.69) is 31.4 Å². The molecule has 1 atom stereocenters. The predicted molar refractivity (Wildman–Crippen MR) is 77.8 cm³/mol. The highest BCUT2D eigenvalue weighted by molar-refractivity contribution is 5.78. The zero-order valence-electron chi connectivity index (χ0n) is 12.4. The lowest BCUT2D eigenvalue weighted by molar-refractivity contribution is -0.120. The van der Waals surface area contributed by atoms with Crippen molar-refractivity contribution in [3.05, 3.63) is 35.6 Å². The summed E-state index contributed by atoms with van der Waals surface area (Å²) in [6.45, 7) is 6.60. The number of carbonyl (C=O) groups excluding carboxylic acids is 1. The highest BCUT2D eigenvalue weighted by Crippen LogP contribution is 2.32. The molecule has 1 aromatic rings. The van der Waals surface area contributed by atoms with Crippen LogP contribution in [-0.2, 0) is 4.79 Å². The second kappa shape index (κ2) is 5.92. The molecule has 2 rings (SSSR count). The van der Waals surface area contributed by atoms with Gasteiger partial charge in [-0.25, -0.2) is 4.39 Å². The average Bonchev–Trinajstić information content (AvgIpc) is 3.14. The average molecular weight is 278 g/mol. The maximum absolute atomic E-state index is 13.0. The van der Waals surface area contributed by atoms with Gasteiger partial charge in [0.15, 0.2) is 0 Å². The Morgan fingerprint density at radius 3 is 2.40 bits per heavy atom. The fourth-order valence-electron chi connectivity index (χ4n) is 2.28. The third-order valence-electron chi connectivity index (χ3n) is 3.48. The maximum Gasteiger partial charge on any atom is 0.234 e. The summed E-state index contributed by atoms with van der Waals surface area (Å²) in [7, 11) is 0. The molecule has 110 valence electrons. The normalized spacial score (nSPS) is 16.8. The van der Waals surface area contributed by atoms with Crippen LogP contribution in [0.5, 0.6) is 0 Å². The summed E-state index contributed by atoms with van der Waals surface area (Å²) in [5.41, 5.74) is 0.940. The number of carbonyl (C=O) groups is 1. The Balaban J connectivity index is 2.00. The third-order valence-corrected chi connectivity index (χ3v) is 3.48. The topological polar surface area (TPSA) is 41.1 Å². The van der Waals surface area contributed by atoms with Crippen molar-refractivity contribution in [2.45, 2.75) is 45.7 Å². The lowest BCUT2D eigenvalue weighted by atomic mass is 9.82. The summed E-state index contributed by atoms with van der Waals surface area (Å²) in [4.78, 5) is 11.8. The Morgan fingerprint density at radius 1 is 1.30 bits per heavy atom. The van der Waals surface area contributed by atoms with Crippen LogP contribution in [0.2, 0.25) is 0 Å². The molecule has 20 heavy (non-hydrogen) atoms. The summed E-state index contributed by atoms with van der Waals surface area (Å²) < 4.78 is 13.0. The van der Waals surface area contributed by atoms with E-state index in [9.17, 15) is 9.18 Å². The summed E-state index contributed by atoms with van der Waals surface area (Å²) in [6, 6.07) is 6.85. The van der Waals surface area contributed by atoms with E-state index in [0.29, 0.717) is 6.04 Å². The number of rotatable bonds is 5. The minimum absolute atomic E-state index is 0.00746.